The molecule has 1 aliphatic heterocycles. The highest BCUT2D eigenvalue weighted by Crippen LogP contribution is 2.31. The zero-order valence-electron chi connectivity index (χ0n) is 13.9. The Bertz CT molecular complexity index is 717. The molecular formula is C15H17F3N4O4. The highest BCUT2D eigenvalue weighted by atomic mass is 19.3. The van der Waals surface area contributed by atoms with E-state index in [0.29, 0.717) is 0 Å². The van der Waals surface area contributed by atoms with Crippen LogP contribution >= 0.6 is 0 Å². The molecule has 0 amide bonds. The lowest BCUT2D eigenvalue weighted by molar-refractivity contribution is -0.421. The lowest BCUT2D eigenvalue weighted by Crippen LogP contribution is -2.40. The van der Waals surface area contributed by atoms with Crippen LogP contribution in [0.25, 0.3) is 0 Å². The second kappa shape index (κ2) is 8.02. The average molecular weight is 374 g/mol. The molecule has 1 aliphatic rings. The van der Waals surface area contributed by atoms with E-state index in [-0.39, 0.29) is 44.0 Å². The van der Waals surface area contributed by atoms with Gasteiger partial charge in [-0.2, -0.15) is 0 Å². The Labute approximate surface area is 146 Å². The number of ether oxygens (including phenoxy) is 1. The van der Waals surface area contributed by atoms with E-state index < -0.39 is 28.3 Å². The van der Waals surface area contributed by atoms with E-state index in [1.165, 1.54) is 18.0 Å². The number of hydrogen-bond donors (Lipinski definition) is 1. The number of nitro groups is 1. The van der Waals surface area contributed by atoms with Gasteiger partial charge in [-0.15, -0.1) is 0 Å². The quantitative estimate of drug-likeness (QED) is 0.354. The Morgan fingerprint density at radius 1 is 1.50 bits per heavy atom. The summed E-state index contributed by atoms with van der Waals surface area (Å²) in [6.45, 7) is 1.40. The molecule has 2 heterocycles. The monoisotopic (exact) mass is 374 g/mol. The van der Waals surface area contributed by atoms with Crippen molar-refractivity contribution < 1.29 is 27.6 Å². The zero-order chi connectivity index (χ0) is 19.3. The molecule has 0 spiro atoms. The maximum Gasteiger partial charge on any atom is 0.411 e. The molecule has 1 saturated heterocycles. The van der Waals surface area contributed by atoms with Crippen molar-refractivity contribution in [2.75, 3.05) is 29.9 Å². The molecule has 1 N–H and O–H groups in total. The van der Waals surface area contributed by atoms with Gasteiger partial charge in [-0.1, -0.05) is 0 Å². The second-order valence-corrected chi connectivity index (χ2v) is 5.52. The predicted molar refractivity (Wildman–Crippen MR) is 85.9 cm³/mol. The summed E-state index contributed by atoms with van der Waals surface area (Å²) in [5.74, 6) is -4.74. The van der Waals surface area contributed by atoms with Crippen LogP contribution in [0.3, 0.4) is 0 Å². The van der Waals surface area contributed by atoms with Crippen LogP contribution in [0, 0.1) is 15.9 Å². The first kappa shape index (κ1) is 19.5. The maximum atomic E-state index is 14.2. The topological polar surface area (TPSA) is 97.6 Å². The lowest BCUT2D eigenvalue weighted by atomic mass is 10.1. The Morgan fingerprint density at radius 3 is 2.69 bits per heavy atom. The molecule has 142 valence electrons. The number of alkyl halides is 2. The van der Waals surface area contributed by atoms with E-state index in [1.807, 2.05) is 0 Å². The summed E-state index contributed by atoms with van der Waals surface area (Å²) in [6.07, 6.45) is 1.19. The van der Waals surface area contributed by atoms with Crippen molar-refractivity contribution in [1.82, 2.24) is 4.98 Å². The van der Waals surface area contributed by atoms with Crippen LogP contribution in [0.5, 0.6) is 0 Å². The van der Waals surface area contributed by atoms with Gasteiger partial charge in [0.25, 0.3) is 5.92 Å². The largest absolute Gasteiger partial charge is 0.458 e. The Kier molecular flexibility index (Phi) is 6.01. The summed E-state index contributed by atoms with van der Waals surface area (Å²) >= 11 is 0. The molecule has 1 aromatic heterocycles. The van der Waals surface area contributed by atoms with Crippen molar-refractivity contribution in [3.8, 4) is 0 Å². The normalized spacial score (nSPS) is 16.9. The number of nitrogens with zero attached hydrogens (tertiary/aromatic N) is 3. The van der Waals surface area contributed by atoms with E-state index in [1.54, 1.807) is 0 Å². The first-order chi connectivity index (χ1) is 12.2. The molecule has 1 fully saturated rings. The third-order valence-electron chi connectivity index (χ3n) is 3.67. The van der Waals surface area contributed by atoms with Crippen LogP contribution in [-0.4, -0.2) is 41.5 Å². The van der Waals surface area contributed by atoms with Gasteiger partial charge in [0.05, 0.1) is 29.6 Å². The number of nitrogens with one attached hydrogen (secondary N) is 1. The van der Waals surface area contributed by atoms with Gasteiger partial charge in [0, 0.05) is 32.0 Å². The minimum Gasteiger partial charge on any atom is -0.458 e. The highest BCUT2D eigenvalue weighted by molar-refractivity contribution is 5.86. The summed E-state index contributed by atoms with van der Waals surface area (Å²) in [6, 6.07) is 1.01. The number of esters is 1. The van der Waals surface area contributed by atoms with Crippen LogP contribution in [0.2, 0.25) is 0 Å². The van der Waals surface area contributed by atoms with Gasteiger partial charge in [-0.25, -0.2) is 22.9 Å². The molecule has 26 heavy (non-hydrogen) atoms. The van der Waals surface area contributed by atoms with Gasteiger partial charge in [-0.3, -0.25) is 10.1 Å². The second-order valence-electron chi connectivity index (χ2n) is 5.52. The number of pyridine rings is 1. The summed E-state index contributed by atoms with van der Waals surface area (Å²) in [5.41, 5.74) is -0.799. The fraction of sp³-hybridized carbons (Fsp3) is 0.467. The van der Waals surface area contributed by atoms with E-state index in [0.717, 1.165) is 12.3 Å². The van der Waals surface area contributed by atoms with Crippen LogP contribution < -0.4 is 10.2 Å². The molecule has 0 unspecified atom stereocenters. The Hall–Kier alpha value is -2.85. The molecule has 8 nitrogen and oxygen atoms in total. The SMILES string of the molecule is CCOC(=O)/C(=C\Nc1cnc(N2CCC(F)(F)CC2)c(F)c1)[N+](=O)[O-]. The average Bonchev–Trinajstić information content (AvgIpc) is 2.56. The molecule has 2 rings (SSSR count). The number of hydrogen-bond acceptors (Lipinski definition) is 7. The van der Waals surface area contributed by atoms with E-state index in [9.17, 15) is 28.1 Å². The molecule has 11 heteroatoms. The molecule has 0 saturated carbocycles. The summed E-state index contributed by atoms with van der Waals surface area (Å²) in [5, 5.41) is 13.3. The first-order valence-electron chi connectivity index (χ1n) is 7.80. The van der Waals surface area contributed by atoms with Gasteiger partial charge >= 0.3 is 11.7 Å². The van der Waals surface area contributed by atoms with Crippen LogP contribution in [0.1, 0.15) is 19.8 Å². The van der Waals surface area contributed by atoms with Gasteiger partial charge in [-0.05, 0) is 6.92 Å². The van der Waals surface area contributed by atoms with Gasteiger partial charge < -0.3 is 15.0 Å². The molecular weight excluding hydrogens is 357 g/mol. The fourth-order valence-electron chi connectivity index (χ4n) is 2.33. The number of halogens is 3. The minimum atomic E-state index is -2.76. The number of rotatable bonds is 6. The van der Waals surface area contributed by atoms with Crippen molar-refractivity contribution in [1.29, 1.82) is 0 Å². The van der Waals surface area contributed by atoms with Gasteiger partial charge in [0.1, 0.15) is 0 Å². The van der Waals surface area contributed by atoms with Crippen molar-refractivity contribution in [2.45, 2.75) is 25.7 Å². The van der Waals surface area contributed by atoms with Gasteiger partial charge in [0.2, 0.25) is 0 Å². The van der Waals surface area contributed by atoms with E-state index in [2.05, 4.69) is 15.0 Å². The zero-order valence-corrected chi connectivity index (χ0v) is 13.9. The predicted octanol–water partition coefficient (Wildman–Crippen LogP) is 2.55. The van der Waals surface area contributed by atoms with E-state index in [4.69, 9.17) is 0 Å². The van der Waals surface area contributed by atoms with Crippen molar-refractivity contribution in [3.05, 3.63) is 40.1 Å². The third kappa shape index (κ3) is 4.83. The number of aromatic nitrogens is 1. The Balaban J connectivity index is 2.10. The lowest BCUT2D eigenvalue weighted by Gasteiger charge is -2.32. The highest BCUT2D eigenvalue weighted by Gasteiger charge is 2.35. The number of carbonyl (C=O) groups excluding carboxylic acids is 1. The fourth-order valence-corrected chi connectivity index (χ4v) is 2.33. The number of anilines is 2. The molecule has 0 atom stereocenters. The molecule has 1 aromatic rings. The van der Waals surface area contributed by atoms with Crippen LogP contribution in [0.15, 0.2) is 24.2 Å². The van der Waals surface area contributed by atoms with Crippen molar-refractivity contribution in [2.24, 2.45) is 0 Å². The van der Waals surface area contributed by atoms with E-state index >= 15 is 0 Å². The molecule has 0 aliphatic carbocycles. The summed E-state index contributed by atoms with van der Waals surface area (Å²) in [7, 11) is 0. The summed E-state index contributed by atoms with van der Waals surface area (Å²) in [4.78, 5) is 26.7. The minimum absolute atomic E-state index is 0.0298. The standard InChI is InChI=1S/C15H17F3N4O4/c1-2-26-14(23)12(22(24)25)9-19-10-7-11(16)13(20-8-10)21-5-3-15(17,18)4-6-21/h7-9,19H,2-6H2,1H3/b12-9+. The third-order valence-corrected chi connectivity index (χ3v) is 3.67. The number of carbonyl (C=O) groups is 1. The summed E-state index contributed by atoms with van der Waals surface area (Å²) < 4.78 is 45.1. The van der Waals surface area contributed by atoms with Crippen molar-refractivity contribution >= 4 is 17.5 Å². The Morgan fingerprint density at radius 2 is 2.15 bits per heavy atom. The van der Waals surface area contributed by atoms with Gasteiger partial charge in [0.15, 0.2) is 11.6 Å². The smallest absolute Gasteiger partial charge is 0.411 e. The van der Waals surface area contributed by atoms with Crippen LogP contribution in [-0.2, 0) is 9.53 Å². The molecule has 0 radical (unpaired) electrons. The first-order valence-corrected chi connectivity index (χ1v) is 7.80. The number of piperidine rings is 1. The molecule has 0 aromatic carbocycles. The van der Waals surface area contributed by atoms with Crippen LogP contribution in [0.4, 0.5) is 24.7 Å². The maximum absolute atomic E-state index is 14.2. The molecule has 0 bridgehead atoms. The van der Waals surface area contributed by atoms with Crippen molar-refractivity contribution in [3.63, 3.8) is 0 Å².